The maximum atomic E-state index is 8.80. The lowest BCUT2D eigenvalue weighted by Gasteiger charge is -1.88. The minimum absolute atomic E-state index is 0.132. The first-order valence-corrected chi connectivity index (χ1v) is 2.44. The smallest absolute Gasteiger partial charge is 0.161 e. The molecule has 0 fully saturated rings. The predicted octanol–water partition coefficient (Wildman–Crippen LogP) is 2.18. The van der Waals surface area contributed by atoms with Crippen molar-refractivity contribution >= 4 is 0 Å². The second-order valence-corrected chi connectivity index (χ2v) is 1.56. The van der Waals surface area contributed by atoms with Crippen LogP contribution in [0.2, 0.25) is 0 Å². The van der Waals surface area contributed by atoms with Gasteiger partial charge in [-0.15, -0.1) is 0 Å². The summed E-state index contributed by atoms with van der Waals surface area (Å²) >= 11 is 0. The molecule has 0 radical (unpaired) electrons. The van der Waals surface area contributed by atoms with Gasteiger partial charge in [0.15, 0.2) is 5.76 Å². The molecule has 1 heteroatoms. The molecular formula is C7H10O. The van der Waals surface area contributed by atoms with E-state index in [1.807, 2.05) is 0 Å². The van der Waals surface area contributed by atoms with E-state index in [-0.39, 0.29) is 5.76 Å². The molecule has 0 bridgehead atoms. The standard InChI is InChI=1S/C7H10O/c1-4-5-7(8)6(2)3/h4,8H,2H2,1,3H3. The number of hydrogen-bond donors (Lipinski definition) is 1. The van der Waals surface area contributed by atoms with Gasteiger partial charge in [-0.3, -0.25) is 0 Å². The Bertz CT molecular complexity index is 148. The third kappa shape index (κ3) is 2.27. The summed E-state index contributed by atoms with van der Waals surface area (Å²) in [5.74, 6) is 0.132. The Balaban J connectivity index is 4.24. The molecule has 0 atom stereocenters. The van der Waals surface area contributed by atoms with E-state index in [1.165, 1.54) is 0 Å². The van der Waals surface area contributed by atoms with E-state index in [1.54, 1.807) is 19.9 Å². The molecule has 0 heterocycles. The average Bonchev–Trinajstić information content (AvgIpc) is 1.67. The Morgan fingerprint density at radius 2 is 2.25 bits per heavy atom. The first-order valence-electron chi connectivity index (χ1n) is 2.44. The molecule has 8 heavy (non-hydrogen) atoms. The van der Waals surface area contributed by atoms with Crippen LogP contribution in [0.3, 0.4) is 0 Å². The fraction of sp³-hybridized carbons (Fsp3) is 0.286. The third-order valence-corrected chi connectivity index (χ3v) is 0.685. The summed E-state index contributed by atoms with van der Waals surface area (Å²) in [5.41, 5.74) is 3.23. The molecule has 0 spiro atoms. The highest BCUT2D eigenvalue weighted by atomic mass is 16.3. The van der Waals surface area contributed by atoms with Crippen LogP contribution in [0.15, 0.2) is 29.7 Å². The van der Waals surface area contributed by atoms with Crippen molar-refractivity contribution in [3.05, 3.63) is 29.7 Å². The average molecular weight is 110 g/mol. The number of aliphatic hydroxyl groups excluding tert-OH is 1. The molecule has 0 aliphatic carbocycles. The van der Waals surface area contributed by atoms with Gasteiger partial charge in [0.1, 0.15) is 0 Å². The van der Waals surface area contributed by atoms with E-state index in [2.05, 4.69) is 12.3 Å². The Morgan fingerprint density at radius 3 is 2.38 bits per heavy atom. The van der Waals surface area contributed by atoms with Crippen molar-refractivity contribution < 1.29 is 5.11 Å². The van der Waals surface area contributed by atoms with Crippen LogP contribution in [0.1, 0.15) is 13.8 Å². The molecule has 0 amide bonds. The van der Waals surface area contributed by atoms with Crippen LogP contribution >= 0.6 is 0 Å². The van der Waals surface area contributed by atoms with Gasteiger partial charge in [-0.1, -0.05) is 12.3 Å². The molecule has 1 N–H and O–H groups in total. The molecule has 0 aromatic carbocycles. The van der Waals surface area contributed by atoms with Crippen molar-refractivity contribution in [2.75, 3.05) is 0 Å². The first kappa shape index (κ1) is 7.06. The third-order valence-electron chi connectivity index (χ3n) is 0.685. The molecule has 0 saturated heterocycles. The zero-order valence-electron chi connectivity index (χ0n) is 5.23. The van der Waals surface area contributed by atoms with E-state index >= 15 is 0 Å². The van der Waals surface area contributed by atoms with E-state index < -0.39 is 0 Å². The number of rotatable bonds is 1. The number of hydrogen-bond acceptors (Lipinski definition) is 1. The second kappa shape index (κ2) is 3.11. The van der Waals surface area contributed by atoms with Gasteiger partial charge in [0.2, 0.25) is 0 Å². The minimum Gasteiger partial charge on any atom is -0.501 e. The zero-order chi connectivity index (χ0) is 6.57. The number of allylic oxidation sites excluding steroid dienone is 1. The molecular weight excluding hydrogens is 100 g/mol. The van der Waals surface area contributed by atoms with Crippen LogP contribution in [-0.4, -0.2) is 5.11 Å². The van der Waals surface area contributed by atoms with Crippen molar-refractivity contribution in [2.24, 2.45) is 0 Å². The minimum atomic E-state index is 0.132. The summed E-state index contributed by atoms with van der Waals surface area (Å²) in [5, 5.41) is 8.80. The molecule has 0 aliphatic heterocycles. The molecule has 0 unspecified atom stereocenters. The maximum absolute atomic E-state index is 8.80. The molecule has 0 aromatic heterocycles. The lowest BCUT2D eigenvalue weighted by Crippen LogP contribution is -1.75. The Morgan fingerprint density at radius 1 is 1.75 bits per heavy atom. The quantitative estimate of drug-likeness (QED) is 0.311. The van der Waals surface area contributed by atoms with E-state index in [9.17, 15) is 0 Å². The van der Waals surface area contributed by atoms with Crippen LogP contribution in [0.4, 0.5) is 0 Å². The Labute approximate surface area is 49.7 Å². The molecule has 0 rings (SSSR count). The van der Waals surface area contributed by atoms with E-state index in [4.69, 9.17) is 5.11 Å². The highest BCUT2D eigenvalue weighted by molar-refractivity contribution is 5.17. The molecule has 0 aromatic rings. The van der Waals surface area contributed by atoms with Crippen molar-refractivity contribution in [3.8, 4) is 0 Å². The second-order valence-electron chi connectivity index (χ2n) is 1.56. The largest absolute Gasteiger partial charge is 0.501 e. The van der Waals surface area contributed by atoms with Crippen LogP contribution < -0.4 is 0 Å². The summed E-state index contributed by atoms with van der Waals surface area (Å²) in [6.07, 6.45) is 1.64. The van der Waals surface area contributed by atoms with Crippen LogP contribution in [0.25, 0.3) is 0 Å². The van der Waals surface area contributed by atoms with Crippen molar-refractivity contribution in [1.29, 1.82) is 0 Å². The highest BCUT2D eigenvalue weighted by Gasteiger charge is 1.85. The maximum Gasteiger partial charge on any atom is 0.161 e. The van der Waals surface area contributed by atoms with Gasteiger partial charge in [0.25, 0.3) is 0 Å². The van der Waals surface area contributed by atoms with Crippen LogP contribution in [-0.2, 0) is 0 Å². The molecule has 0 saturated carbocycles. The van der Waals surface area contributed by atoms with Gasteiger partial charge in [0, 0.05) is 0 Å². The highest BCUT2D eigenvalue weighted by Crippen LogP contribution is 1.97. The summed E-state index contributed by atoms with van der Waals surface area (Å²) in [4.78, 5) is 0. The lowest BCUT2D eigenvalue weighted by molar-refractivity contribution is 0.425. The lowest BCUT2D eigenvalue weighted by atomic mass is 10.3. The van der Waals surface area contributed by atoms with Gasteiger partial charge in [0.05, 0.1) is 0 Å². The SMILES string of the molecule is C=C(C)C(O)=C=CC. The van der Waals surface area contributed by atoms with Gasteiger partial charge >= 0.3 is 0 Å². The predicted molar refractivity (Wildman–Crippen MR) is 34.7 cm³/mol. The topological polar surface area (TPSA) is 20.2 Å². The van der Waals surface area contributed by atoms with E-state index in [0.29, 0.717) is 5.57 Å². The van der Waals surface area contributed by atoms with Gasteiger partial charge in [-0.05, 0) is 25.5 Å². The molecule has 44 valence electrons. The first-order chi connectivity index (χ1) is 3.68. The summed E-state index contributed by atoms with van der Waals surface area (Å²) in [6, 6.07) is 0. The number of aliphatic hydroxyl groups is 1. The van der Waals surface area contributed by atoms with Gasteiger partial charge in [-0.2, -0.15) is 0 Å². The van der Waals surface area contributed by atoms with Crippen molar-refractivity contribution in [3.63, 3.8) is 0 Å². The Hall–Kier alpha value is -0.940. The Kier molecular flexibility index (Phi) is 2.75. The van der Waals surface area contributed by atoms with Crippen LogP contribution in [0.5, 0.6) is 0 Å². The zero-order valence-corrected chi connectivity index (χ0v) is 5.23. The summed E-state index contributed by atoms with van der Waals surface area (Å²) in [7, 11) is 0. The molecule has 0 aliphatic rings. The van der Waals surface area contributed by atoms with Crippen molar-refractivity contribution in [1.82, 2.24) is 0 Å². The van der Waals surface area contributed by atoms with Gasteiger partial charge in [-0.25, -0.2) is 0 Å². The van der Waals surface area contributed by atoms with Crippen LogP contribution in [0, 0.1) is 0 Å². The van der Waals surface area contributed by atoms with Crippen molar-refractivity contribution in [2.45, 2.75) is 13.8 Å². The van der Waals surface area contributed by atoms with Gasteiger partial charge < -0.3 is 5.11 Å². The normalized spacial score (nSPS) is 7.25. The van der Waals surface area contributed by atoms with E-state index in [0.717, 1.165) is 0 Å². The monoisotopic (exact) mass is 110 g/mol. The molecule has 1 nitrogen and oxygen atoms in total. The summed E-state index contributed by atoms with van der Waals surface area (Å²) < 4.78 is 0. The summed E-state index contributed by atoms with van der Waals surface area (Å²) in [6.45, 7) is 7.02. The fourth-order valence-electron chi connectivity index (χ4n) is 0.260. The fourth-order valence-corrected chi connectivity index (χ4v) is 0.260.